The van der Waals surface area contributed by atoms with E-state index in [0.29, 0.717) is 0 Å². The molecule has 0 aliphatic carbocycles. The van der Waals surface area contributed by atoms with E-state index in [-0.39, 0.29) is 11.5 Å². The lowest BCUT2D eigenvalue weighted by Crippen LogP contribution is -2.37. The van der Waals surface area contributed by atoms with Gasteiger partial charge in [0.25, 0.3) is 0 Å². The van der Waals surface area contributed by atoms with Crippen molar-refractivity contribution in [1.82, 2.24) is 15.1 Å². The van der Waals surface area contributed by atoms with Gasteiger partial charge in [-0.2, -0.15) is 5.10 Å². The van der Waals surface area contributed by atoms with E-state index in [2.05, 4.69) is 64.5 Å². The van der Waals surface area contributed by atoms with Crippen molar-refractivity contribution in [1.29, 1.82) is 0 Å². The highest BCUT2D eigenvalue weighted by atomic mass is 79.9. The first kappa shape index (κ1) is 14.3. The summed E-state index contributed by atoms with van der Waals surface area (Å²) in [6.45, 7) is 4.51. The highest BCUT2D eigenvalue weighted by molar-refractivity contribution is 9.10. The number of hydrogen-bond acceptors (Lipinski definition) is 2. The van der Waals surface area contributed by atoms with Gasteiger partial charge in [0.2, 0.25) is 0 Å². The molecule has 0 fully saturated rings. The predicted octanol–water partition coefficient (Wildman–Crippen LogP) is 3.42. The summed E-state index contributed by atoms with van der Waals surface area (Å²) in [5.74, 6) is 0. The molecular weight excluding hydrogens is 302 g/mol. The van der Waals surface area contributed by atoms with Crippen molar-refractivity contribution in [3.05, 3.63) is 52.3 Å². The zero-order chi connectivity index (χ0) is 14.0. The number of hydrogen-bond donors (Lipinski definition) is 1. The molecule has 1 unspecified atom stereocenters. The molecule has 2 aromatic rings. The summed E-state index contributed by atoms with van der Waals surface area (Å²) >= 11 is 3.60. The van der Waals surface area contributed by atoms with Gasteiger partial charge in [0, 0.05) is 12.5 Å². The van der Waals surface area contributed by atoms with Gasteiger partial charge in [-0.15, -0.1) is 0 Å². The fourth-order valence-electron chi connectivity index (χ4n) is 2.62. The maximum atomic E-state index is 4.32. The highest BCUT2D eigenvalue weighted by Crippen LogP contribution is 2.38. The molecule has 1 N–H and O–H groups in total. The number of halogens is 1. The number of rotatable bonds is 4. The standard InChI is InChI=1S/C15H20BrN3/c1-15(2,11-8-6-5-7-9-11)14(17-3)13-12(16)10-18-19(13)4/h5-10,14,17H,1-4H3. The van der Waals surface area contributed by atoms with E-state index in [9.17, 15) is 0 Å². The quantitative estimate of drug-likeness (QED) is 0.935. The number of likely N-dealkylation sites (N-methyl/N-ethyl adjacent to an activating group) is 1. The Balaban J connectivity index is 2.48. The number of aromatic nitrogens is 2. The summed E-state index contributed by atoms with van der Waals surface area (Å²) in [7, 11) is 3.97. The van der Waals surface area contributed by atoms with Gasteiger partial charge < -0.3 is 5.32 Å². The molecule has 19 heavy (non-hydrogen) atoms. The van der Waals surface area contributed by atoms with Crippen LogP contribution in [0.1, 0.15) is 31.1 Å². The summed E-state index contributed by atoms with van der Waals surface area (Å²) in [5.41, 5.74) is 2.44. The van der Waals surface area contributed by atoms with E-state index in [1.165, 1.54) is 5.56 Å². The van der Waals surface area contributed by atoms with E-state index >= 15 is 0 Å². The average Bonchev–Trinajstić information content (AvgIpc) is 2.72. The molecule has 3 nitrogen and oxygen atoms in total. The van der Waals surface area contributed by atoms with E-state index in [0.717, 1.165) is 10.2 Å². The molecule has 2 rings (SSSR count). The molecule has 102 valence electrons. The average molecular weight is 322 g/mol. The number of aryl methyl sites for hydroxylation is 1. The predicted molar refractivity (Wildman–Crippen MR) is 82.2 cm³/mol. The van der Waals surface area contributed by atoms with Crippen LogP contribution in [0, 0.1) is 0 Å². The Morgan fingerprint density at radius 2 is 1.89 bits per heavy atom. The lowest BCUT2D eigenvalue weighted by Gasteiger charge is -2.35. The van der Waals surface area contributed by atoms with Gasteiger partial charge in [0.1, 0.15) is 0 Å². The van der Waals surface area contributed by atoms with Gasteiger partial charge in [0.15, 0.2) is 0 Å². The van der Waals surface area contributed by atoms with Crippen LogP contribution in [0.5, 0.6) is 0 Å². The fourth-order valence-corrected chi connectivity index (χ4v) is 3.20. The second kappa shape index (κ2) is 5.47. The topological polar surface area (TPSA) is 29.9 Å². The minimum absolute atomic E-state index is 0.0354. The van der Waals surface area contributed by atoms with Crippen LogP contribution in [0.3, 0.4) is 0 Å². The summed E-state index contributed by atoms with van der Waals surface area (Å²) in [4.78, 5) is 0. The number of nitrogens with one attached hydrogen (secondary N) is 1. The van der Waals surface area contributed by atoms with E-state index in [1.807, 2.05) is 31.0 Å². The Bertz CT molecular complexity index is 526. The monoisotopic (exact) mass is 321 g/mol. The number of nitrogens with zero attached hydrogens (tertiary/aromatic N) is 2. The molecule has 0 radical (unpaired) electrons. The second-order valence-electron chi connectivity index (χ2n) is 5.31. The molecule has 1 atom stereocenters. The molecule has 0 amide bonds. The van der Waals surface area contributed by atoms with Crippen molar-refractivity contribution in [3.63, 3.8) is 0 Å². The van der Waals surface area contributed by atoms with Crippen LogP contribution < -0.4 is 5.32 Å². The van der Waals surface area contributed by atoms with Crippen LogP contribution in [0.15, 0.2) is 41.0 Å². The lowest BCUT2D eigenvalue weighted by molar-refractivity contribution is 0.350. The summed E-state index contributed by atoms with van der Waals surface area (Å²) in [6.07, 6.45) is 1.85. The SMILES string of the molecule is CNC(c1c(Br)cnn1C)C(C)(C)c1ccccc1. The molecule has 0 bridgehead atoms. The Hall–Kier alpha value is -1.13. The normalized spacial score (nSPS) is 13.5. The van der Waals surface area contributed by atoms with Gasteiger partial charge in [-0.1, -0.05) is 44.2 Å². The third-order valence-electron chi connectivity index (χ3n) is 3.74. The molecule has 4 heteroatoms. The van der Waals surface area contributed by atoms with Gasteiger partial charge >= 0.3 is 0 Å². The van der Waals surface area contributed by atoms with Crippen molar-refractivity contribution in [2.24, 2.45) is 7.05 Å². The summed E-state index contributed by atoms with van der Waals surface area (Å²) < 4.78 is 2.97. The van der Waals surface area contributed by atoms with E-state index in [1.54, 1.807) is 0 Å². The maximum Gasteiger partial charge on any atom is 0.0701 e. The van der Waals surface area contributed by atoms with Crippen molar-refractivity contribution < 1.29 is 0 Å². The minimum atomic E-state index is -0.0354. The maximum absolute atomic E-state index is 4.32. The van der Waals surface area contributed by atoms with Crippen molar-refractivity contribution in [3.8, 4) is 0 Å². The lowest BCUT2D eigenvalue weighted by atomic mass is 9.76. The Kier molecular flexibility index (Phi) is 4.11. The minimum Gasteiger partial charge on any atom is -0.311 e. The summed E-state index contributed by atoms with van der Waals surface area (Å²) in [6, 6.07) is 10.7. The van der Waals surface area contributed by atoms with Crippen LogP contribution in [0.4, 0.5) is 0 Å². The summed E-state index contributed by atoms with van der Waals surface area (Å²) in [5, 5.41) is 7.76. The van der Waals surface area contributed by atoms with Crippen LogP contribution in [-0.2, 0) is 12.5 Å². The van der Waals surface area contributed by atoms with Crippen molar-refractivity contribution >= 4 is 15.9 Å². The van der Waals surface area contributed by atoms with Crippen LogP contribution in [0.25, 0.3) is 0 Å². The first-order valence-corrected chi connectivity index (χ1v) is 7.18. The zero-order valence-corrected chi connectivity index (χ0v) is 13.4. The second-order valence-corrected chi connectivity index (χ2v) is 6.17. The largest absolute Gasteiger partial charge is 0.311 e. The van der Waals surface area contributed by atoms with Crippen LogP contribution in [0.2, 0.25) is 0 Å². The van der Waals surface area contributed by atoms with Crippen LogP contribution in [-0.4, -0.2) is 16.8 Å². The van der Waals surface area contributed by atoms with Crippen molar-refractivity contribution in [2.75, 3.05) is 7.05 Å². The van der Waals surface area contributed by atoms with Gasteiger partial charge in [-0.25, -0.2) is 0 Å². The molecule has 0 spiro atoms. The number of benzene rings is 1. The Labute approximate surface area is 123 Å². The molecule has 0 aliphatic rings. The van der Waals surface area contributed by atoms with Crippen molar-refractivity contribution in [2.45, 2.75) is 25.3 Å². The zero-order valence-electron chi connectivity index (χ0n) is 11.8. The molecule has 1 aromatic carbocycles. The van der Waals surface area contributed by atoms with E-state index in [4.69, 9.17) is 0 Å². The molecule has 0 saturated heterocycles. The Morgan fingerprint density at radius 3 is 2.37 bits per heavy atom. The highest BCUT2D eigenvalue weighted by Gasteiger charge is 2.34. The molecule has 1 aromatic heterocycles. The van der Waals surface area contributed by atoms with E-state index < -0.39 is 0 Å². The molecule has 1 heterocycles. The first-order chi connectivity index (χ1) is 8.98. The van der Waals surface area contributed by atoms with Gasteiger partial charge in [-0.05, 0) is 28.5 Å². The Morgan fingerprint density at radius 1 is 1.26 bits per heavy atom. The first-order valence-electron chi connectivity index (χ1n) is 6.38. The smallest absolute Gasteiger partial charge is 0.0701 e. The third kappa shape index (κ3) is 2.60. The molecule has 0 saturated carbocycles. The fraction of sp³-hybridized carbons (Fsp3) is 0.400. The van der Waals surface area contributed by atoms with Gasteiger partial charge in [-0.3, -0.25) is 4.68 Å². The molecular formula is C15H20BrN3. The van der Waals surface area contributed by atoms with Gasteiger partial charge in [0.05, 0.1) is 22.4 Å². The molecule has 0 aliphatic heterocycles. The van der Waals surface area contributed by atoms with Crippen LogP contribution >= 0.6 is 15.9 Å². The third-order valence-corrected chi connectivity index (χ3v) is 4.35.